The van der Waals surface area contributed by atoms with Gasteiger partial charge in [0.2, 0.25) is 0 Å². The van der Waals surface area contributed by atoms with Gasteiger partial charge in [0.05, 0.1) is 5.69 Å². The number of fused-ring (bicyclic) bond motifs is 1. The van der Waals surface area contributed by atoms with Crippen molar-refractivity contribution in [2.45, 2.75) is 12.2 Å². The Kier molecular flexibility index (Phi) is 9.55. The van der Waals surface area contributed by atoms with Crippen LogP contribution in [0.1, 0.15) is 22.6 Å². The van der Waals surface area contributed by atoms with Crippen LogP contribution < -0.4 is 26.3 Å². The topological polar surface area (TPSA) is 241 Å². The monoisotopic (exact) mass is 526 g/mol. The van der Waals surface area contributed by atoms with Crippen molar-refractivity contribution in [3.63, 3.8) is 0 Å². The number of carboxylic acids is 1. The molecular weight excluding hydrogens is 504 g/mol. The quantitative estimate of drug-likeness (QED) is 0.119. The predicted molar refractivity (Wildman–Crippen MR) is 134 cm³/mol. The van der Waals surface area contributed by atoms with Crippen molar-refractivity contribution in [2.24, 2.45) is 10.9 Å². The van der Waals surface area contributed by atoms with E-state index in [1.807, 2.05) is 10.1 Å². The molecule has 0 unspecified atom stereocenters. The Morgan fingerprint density at radius 3 is 2.65 bits per heavy atom. The SMILES string of the molecule is N=C(N)Nc1nc(CSCCC(=N)NS(N)(=O)=O)cs1.O=C(O)c1cc(=O)c2ccccc2[nH]1. The van der Waals surface area contributed by atoms with E-state index in [9.17, 15) is 18.0 Å². The standard InChI is InChI=1S/C10H7NO3.C8H15N7O2S3/c12-9-5-8(10(13)14)11-7-4-2-1-3-6(7)9;9-6(15-20(12,16)17)1-2-18-3-5-4-19-8(13-5)14-7(10)11/h1-5H,(H,11,12)(H,13,14);4H,1-3H2,(H2,9,15)(H2,12,16,17)(H4,10,11,13,14). The molecule has 0 saturated heterocycles. The van der Waals surface area contributed by atoms with Gasteiger partial charge in [-0.05, 0) is 12.1 Å². The largest absolute Gasteiger partial charge is 0.477 e. The number of nitrogens with one attached hydrogen (secondary N) is 5. The summed E-state index contributed by atoms with van der Waals surface area (Å²) in [6.07, 6.45) is 0.268. The lowest BCUT2D eigenvalue weighted by molar-refractivity contribution is 0.0690. The zero-order valence-corrected chi connectivity index (χ0v) is 19.9. The van der Waals surface area contributed by atoms with E-state index >= 15 is 0 Å². The Morgan fingerprint density at radius 2 is 2.00 bits per heavy atom. The molecule has 0 saturated carbocycles. The first-order valence-corrected chi connectivity index (χ1v) is 12.9. The maximum atomic E-state index is 11.4. The van der Waals surface area contributed by atoms with Crippen LogP contribution in [0.25, 0.3) is 10.9 Å². The molecule has 0 aliphatic carbocycles. The van der Waals surface area contributed by atoms with Crippen LogP contribution in [0, 0.1) is 10.8 Å². The summed E-state index contributed by atoms with van der Waals surface area (Å²) >= 11 is 2.85. The van der Waals surface area contributed by atoms with E-state index in [1.165, 1.54) is 23.1 Å². The van der Waals surface area contributed by atoms with Crippen LogP contribution in [0.15, 0.2) is 40.5 Å². The molecule has 16 heteroatoms. The maximum Gasteiger partial charge on any atom is 0.352 e. The minimum atomic E-state index is -3.86. The Morgan fingerprint density at radius 1 is 1.29 bits per heavy atom. The number of aromatic nitrogens is 2. The van der Waals surface area contributed by atoms with E-state index in [4.69, 9.17) is 26.8 Å². The van der Waals surface area contributed by atoms with E-state index < -0.39 is 16.2 Å². The molecule has 0 fully saturated rings. The van der Waals surface area contributed by atoms with E-state index in [0.717, 1.165) is 11.8 Å². The van der Waals surface area contributed by atoms with E-state index in [-0.39, 0.29) is 29.3 Å². The number of nitrogens with two attached hydrogens (primary N) is 2. The second kappa shape index (κ2) is 12.1. The number of thioether (sulfide) groups is 1. The van der Waals surface area contributed by atoms with Gasteiger partial charge in [-0.3, -0.25) is 20.3 Å². The third-order valence-electron chi connectivity index (χ3n) is 3.77. The second-order valence-corrected chi connectivity index (χ2v) is 9.77. The summed E-state index contributed by atoms with van der Waals surface area (Å²) in [6.45, 7) is 0. The Balaban J connectivity index is 0.000000254. The summed E-state index contributed by atoms with van der Waals surface area (Å²) < 4.78 is 23.2. The molecule has 182 valence electrons. The van der Waals surface area contributed by atoms with Gasteiger partial charge < -0.3 is 21.1 Å². The minimum Gasteiger partial charge on any atom is -0.477 e. The molecule has 0 amide bonds. The van der Waals surface area contributed by atoms with Gasteiger partial charge in [-0.1, -0.05) is 12.1 Å². The number of thiazole rings is 1. The number of nitrogens with zero attached hydrogens (tertiary/aromatic N) is 1. The number of carbonyl (C=O) groups is 1. The Hall–Kier alpha value is -3.47. The van der Waals surface area contributed by atoms with Crippen molar-refractivity contribution in [3.8, 4) is 0 Å². The number of para-hydroxylation sites is 1. The molecule has 0 aliphatic rings. The average Bonchev–Trinajstić information content (AvgIpc) is 3.17. The number of benzene rings is 1. The summed E-state index contributed by atoms with van der Waals surface area (Å²) in [6, 6.07) is 7.88. The van der Waals surface area contributed by atoms with E-state index in [1.54, 1.807) is 24.3 Å². The molecule has 34 heavy (non-hydrogen) atoms. The van der Waals surface area contributed by atoms with Crippen LogP contribution in [0.2, 0.25) is 0 Å². The number of amidine groups is 1. The number of rotatable bonds is 8. The van der Waals surface area contributed by atoms with Crippen molar-refractivity contribution in [2.75, 3.05) is 11.1 Å². The molecule has 3 aromatic rings. The fourth-order valence-corrected chi connectivity index (χ4v) is 4.56. The highest BCUT2D eigenvalue weighted by atomic mass is 32.2. The summed E-state index contributed by atoms with van der Waals surface area (Å²) in [7, 11) is -3.86. The second-order valence-electron chi connectivity index (χ2n) is 6.51. The third kappa shape index (κ3) is 9.18. The first-order valence-electron chi connectivity index (χ1n) is 9.31. The van der Waals surface area contributed by atoms with Crippen LogP contribution in [-0.2, 0) is 16.0 Å². The number of guanidine groups is 1. The van der Waals surface area contributed by atoms with Gasteiger partial charge in [0.1, 0.15) is 11.5 Å². The number of aromatic carboxylic acids is 1. The number of H-pyrrole nitrogens is 1. The molecule has 0 bridgehead atoms. The van der Waals surface area contributed by atoms with Gasteiger partial charge >= 0.3 is 5.97 Å². The summed E-state index contributed by atoms with van der Waals surface area (Å²) in [5.74, 6) is -0.251. The number of carboxylic acid groups (broad SMARTS) is 1. The third-order valence-corrected chi connectivity index (χ3v) is 6.10. The smallest absolute Gasteiger partial charge is 0.352 e. The van der Waals surface area contributed by atoms with Crippen LogP contribution in [-0.4, -0.2) is 47.0 Å². The normalized spacial score (nSPS) is 10.7. The van der Waals surface area contributed by atoms with Crippen molar-refractivity contribution in [3.05, 3.63) is 57.3 Å². The number of anilines is 1. The van der Waals surface area contributed by atoms with Crippen LogP contribution >= 0.6 is 23.1 Å². The molecular formula is C18H22N8O5S3. The molecule has 3 rings (SSSR count). The van der Waals surface area contributed by atoms with Crippen LogP contribution in [0.4, 0.5) is 5.13 Å². The van der Waals surface area contributed by atoms with Gasteiger partial charge in [0.25, 0.3) is 10.2 Å². The molecule has 0 radical (unpaired) electrons. The van der Waals surface area contributed by atoms with Gasteiger partial charge in [0.15, 0.2) is 16.5 Å². The molecule has 1 aromatic carbocycles. The van der Waals surface area contributed by atoms with Gasteiger partial charge in [0, 0.05) is 40.3 Å². The molecule has 10 N–H and O–H groups in total. The number of hydrogen-bond acceptors (Lipinski definition) is 9. The average molecular weight is 527 g/mol. The maximum absolute atomic E-state index is 11.4. The minimum absolute atomic E-state index is 0.0892. The Labute approximate surface area is 202 Å². The number of pyridine rings is 1. The first-order chi connectivity index (χ1) is 15.9. The highest BCUT2D eigenvalue weighted by Crippen LogP contribution is 2.19. The zero-order valence-electron chi connectivity index (χ0n) is 17.5. The van der Waals surface area contributed by atoms with Crippen molar-refractivity contribution in [1.82, 2.24) is 14.7 Å². The highest BCUT2D eigenvalue weighted by molar-refractivity contribution is 7.98. The van der Waals surface area contributed by atoms with Crippen molar-refractivity contribution in [1.29, 1.82) is 10.8 Å². The van der Waals surface area contributed by atoms with E-state index in [0.29, 0.717) is 27.5 Å². The van der Waals surface area contributed by atoms with Crippen molar-refractivity contribution < 1.29 is 18.3 Å². The molecule has 0 aliphatic heterocycles. The summed E-state index contributed by atoms with van der Waals surface area (Å²) in [5.41, 5.74) is 6.18. The highest BCUT2D eigenvalue weighted by Gasteiger charge is 2.07. The summed E-state index contributed by atoms with van der Waals surface area (Å²) in [5, 5.41) is 33.4. The summed E-state index contributed by atoms with van der Waals surface area (Å²) in [4.78, 5) is 28.9. The van der Waals surface area contributed by atoms with Gasteiger partial charge in [-0.15, -0.1) is 11.3 Å². The fraction of sp³-hybridized carbons (Fsp3) is 0.167. The fourth-order valence-electron chi connectivity index (χ4n) is 2.43. The Bertz CT molecular complexity index is 1350. The molecule has 2 aromatic heterocycles. The molecule has 13 nitrogen and oxygen atoms in total. The predicted octanol–water partition coefficient (Wildman–Crippen LogP) is 1.07. The lowest BCUT2D eigenvalue weighted by atomic mass is 10.2. The molecule has 0 atom stereocenters. The zero-order chi connectivity index (χ0) is 25.3. The first kappa shape index (κ1) is 26.8. The lowest BCUT2D eigenvalue weighted by Crippen LogP contribution is -2.35. The molecule has 0 spiro atoms. The van der Waals surface area contributed by atoms with Gasteiger partial charge in [-0.25, -0.2) is 14.9 Å². The van der Waals surface area contributed by atoms with E-state index in [2.05, 4.69) is 15.3 Å². The van der Waals surface area contributed by atoms with Crippen molar-refractivity contribution >= 4 is 67.1 Å². The number of hydrogen-bond donors (Lipinski definition) is 8. The lowest BCUT2D eigenvalue weighted by Gasteiger charge is -2.04. The van der Waals surface area contributed by atoms with Crippen LogP contribution in [0.3, 0.4) is 0 Å². The molecule has 2 heterocycles. The van der Waals surface area contributed by atoms with Crippen LogP contribution in [0.5, 0.6) is 0 Å². The number of aromatic amines is 1. The van der Waals surface area contributed by atoms with Gasteiger partial charge in [-0.2, -0.15) is 20.2 Å².